The van der Waals surface area contributed by atoms with Crippen molar-refractivity contribution in [2.24, 2.45) is 0 Å². The van der Waals surface area contributed by atoms with Crippen molar-refractivity contribution in [3.8, 4) is 0 Å². The minimum absolute atomic E-state index is 0.379. The van der Waals surface area contributed by atoms with Gasteiger partial charge in [-0.1, -0.05) is 18.2 Å². The van der Waals surface area contributed by atoms with Crippen LogP contribution >= 0.6 is 0 Å². The molecule has 4 heteroatoms. The van der Waals surface area contributed by atoms with Crippen molar-refractivity contribution in [1.29, 1.82) is 0 Å². The summed E-state index contributed by atoms with van der Waals surface area (Å²) in [5, 5.41) is 11.6. The van der Waals surface area contributed by atoms with Crippen LogP contribution in [0.15, 0.2) is 24.3 Å². The number of anilines is 1. The molecule has 2 rings (SSSR count). The number of hydrogen-bond donors (Lipinski definition) is 2. The van der Waals surface area contributed by atoms with E-state index in [9.17, 15) is 9.59 Å². The molecule has 1 heterocycles. The van der Waals surface area contributed by atoms with Gasteiger partial charge in [-0.25, -0.2) is 4.79 Å². The number of fused-ring (bicyclic) bond motifs is 1. The average Bonchev–Trinajstić information content (AvgIpc) is 2.60. The molecular weight excluding hydrogens is 182 g/mol. The summed E-state index contributed by atoms with van der Waals surface area (Å²) in [4.78, 5) is 21.8. The molecule has 14 heavy (non-hydrogen) atoms. The first-order valence-corrected chi connectivity index (χ1v) is 4.30. The maximum atomic E-state index is 11.3. The summed E-state index contributed by atoms with van der Waals surface area (Å²) < 4.78 is 0. The van der Waals surface area contributed by atoms with Gasteiger partial charge in [0.25, 0.3) is 0 Å². The van der Waals surface area contributed by atoms with Crippen LogP contribution in [-0.4, -0.2) is 23.4 Å². The smallest absolute Gasteiger partial charge is 0.372 e. The van der Waals surface area contributed by atoms with E-state index < -0.39 is 17.7 Å². The lowest BCUT2D eigenvalue weighted by Crippen LogP contribution is -2.22. The largest absolute Gasteiger partial charge is 0.475 e. The maximum absolute atomic E-state index is 11.3. The van der Waals surface area contributed by atoms with Gasteiger partial charge in [0.1, 0.15) is 0 Å². The van der Waals surface area contributed by atoms with E-state index in [1.807, 2.05) is 12.1 Å². The van der Waals surface area contributed by atoms with Gasteiger partial charge in [-0.2, -0.15) is 0 Å². The third kappa shape index (κ3) is 1.25. The summed E-state index contributed by atoms with van der Waals surface area (Å²) in [5.74, 6) is -2.65. The van der Waals surface area contributed by atoms with Crippen molar-refractivity contribution >= 4 is 17.4 Å². The topological polar surface area (TPSA) is 66.4 Å². The zero-order chi connectivity index (χ0) is 10.1. The van der Waals surface area contributed by atoms with E-state index in [1.54, 1.807) is 12.1 Å². The zero-order valence-corrected chi connectivity index (χ0v) is 7.36. The number of nitrogens with one attached hydrogen (secondary N) is 1. The first-order valence-electron chi connectivity index (χ1n) is 4.30. The Morgan fingerprint density at radius 2 is 2.07 bits per heavy atom. The van der Waals surface area contributed by atoms with Gasteiger partial charge in [0, 0.05) is 12.2 Å². The second-order valence-electron chi connectivity index (χ2n) is 3.19. The van der Waals surface area contributed by atoms with Crippen molar-refractivity contribution in [2.75, 3.05) is 11.9 Å². The quantitative estimate of drug-likeness (QED) is 0.680. The van der Waals surface area contributed by atoms with E-state index in [4.69, 9.17) is 5.11 Å². The molecule has 1 aliphatic rings. The van der Waals surface area contributed by atoms with Crippen LogP contribution in [0.25, 0.3) is 0 Å². The highest BCUT2D eigenvalue weighted by atomic mass is 16.4. The maximum Gasteiger partial charge on any atom is 0.372 e. The predicted octanol–water partition coefficient (Wildman–Crippen LogP) is 0.849. The molecule has 0 amide bonds. The molecule has 2 N–H and O–H groups in total. The molecule has 0 spiro atoms. The summed E-state index contributed by atoms with van der Waals surface area (Å²) in [6, 6.07) is 7.26. The number of carbonyl (C=O) groups excluding carboxylic acids is 1. The monoisotopic (exact) mass is 191 g/mol. The van der Waals surface area contributed by atoms with Crippen molar-refractivity contribution in [1.82, 2.24) is 0 Å². The Labute approximate surface area is 80.6 Å². The Balaban J connectivity index is 2.35. The fourth-order valence-corrected chi connectivity index (χ4v) is 1.67. The number of para-hydroxylation sites is 1. The van der Waals surface area contributed by atoms with Gasteiger partial charge in [0.05, 0.1) is 5.92 Å². The van der Waals surface area contributed by atoms with Crippen molar-refractivity contribution < 1.29 is 14.7 Å². The summed E-state index contributed by atoms with van der Waals surface area (Å²) in [6.07, 6.45) is 0. The van der Waals surface area contributed by atoms with Crippen LogP contribution in [0.1, 0.15) is 11.5 Å². The number of rotatable bonds is 2. The van der Waals surface area contributed by atoms with Gasteiger partial charge < -0.3 is 10.4 Å². The minimum Gasteiger partial charge on any atom is -0.475 e. The Kier molecular flexibility index (Phi) is 1.96. The van der Waals surface area contributed by atoms with Crippen LogP contribution in [0.5, 0.6) is 0 Å². The van der Waals surface area contributed by atoms with Crippen molar-refractivity contribution in [2.45, 2.75) is 5.92 Å². The predicted molar refractivity (Wildman–Crippen MR) is 50.3 cm³/mol. The third-order valence-electron chi connectivity index (χ3n) is 2.36. The van der Waals surface area contributed by atoms with Gasteiger partial charge >= 0.3 is 5.97 Å². The lowest BCUT2D eigenvalue weighted by atomic mass is 9.97. The van der Waals surface area contributed by atoms with Gasteiger partial charge in [-0.15, -0.1) is 0 Å². The molecule has 0 radical (unpaired) electrons. The Morgan fingerprint density at radius 3 is 2.79 bits per heavy atom. The molecule has 0 fully saturated rings. The molecule has 0 saturated carbocycles. The van der Waals surface area contributed by atoms with Gasteiger partial charge in [-0.05, 0) is 11.6 Å². The summed E-state index contributed by atoms with van der Waals surface area (Å²) in [5.41, 5.74) is 1.63. The number of aliphatic carboxylic acids is 1. The number of carboxylic acid groups (broad SMARTS) is 1. The average molecular weight is 191 g/mol. The van der Waals surface area contributed by atoms with Crippen molar-refractivity contribution in [3.63, 3.8) is 0 Å². The van der Waals surface area contributed by atoms with Crippen molar-refractivity contribution in [3.05, 3.63) is 29.8 Å². The van der Waals surface area contributed by atoms with E-state index in [0.717, 1.165) is 11.3 Å². The van der Waals surface area contributed by atoms with Crippen LogP contribution in [0.3, 0.4) is 0 Å². The molecule has 0 bridgehead atoms. The SMILES string of the molecule is O=C(O)C(=O)C1CNc2ccccc21. The van der Waals surface area contributed by atoms with Gasteiger partial charge in [0.15, 0.2) is 0 Å². The second-order valence-corrected chi connectivity index (χ2v) is 3.19. The number of carbonyl (C=O) groups is 2. The molecule has 4 nitrogen and oxygen atoms in total. The highest BCUT2D eigenvalue weighted by Crippen LogP contribution is 2.31. The Bertz CT molecular complexity index is 400. The second kappa shape index (κ2) is 3.14. The fourth-order valence-electron chi connectivity index (χ4n) is 1.67. The van der Waals surface area contributed by atoms with Gasteiger partial charge in [-0.3, -0.25) is 4.79 Å². The Morgan fingerprint density at radius 1 is 1.36 bits per heavy atom. The molecule has 0 aliphatic carbocycles. The van der Waals surface area contributed by atoms with E-state index in [0.29, 0.717) is 6.54 Å². The Hall–Kier alpha value is -1.84. The highest BCUT2D eigenvalue weighted by molar-refractivity contribution is 6.35. The molecule has 0 saturated heterocycles. The zero-order valence-electron chi connectivity index (χ0n) is 7.36. The number of ketones is 1. The highest BCUT2D eigenvalue weighted by Gasteiger charge is 2.31. The van der Waals surface area contributed by atoms with E-state index in [2.05, 4.69) is 5.32 Å². The number of hydrogen-bond acceptors (Lipinski definition) is 3. The first kappa shape index (κ1) is 8.74. The van der Waals surface area contributed by atoms with Crippen LogP contribution in [0.4, 0.5) is 5.69 Å². The molecule has 1 aromatic carbocycles. The molecular formula is C10H9NO3. The van der Waals surface area contributed by atoms with Crippen LogP contribution in [0.2, 0.25) is 0 Å². The standard InChI is InChI=1S/C10H9NO3/c12-9(10(13)14)7-5-11-8-4-2-1-3-6(7)8/h1-4,7,11H,5H2,(H,13,14). The van der Waals surface area contributed by atoms with Crippen LogP contribution in [-0.2, 0) is 9.59 Å². The van der Waals surface area contributed by atoms with E-state index >= 15 is 0 Å². The minimum atomic E-state index is -1.37. The van der Waals surface area contributed by atoms with Crippen LogP contribution in [0, 0.1) is 0 Å². The molecule has 0 aromatic heterocycles. The normalized spacial score (nSPS) is 18.4. The molecule has 72 valence electrons. The lowest BCUT2D eigenvalue weighted by molar-refractivity contribution is -0.149. The molecule has 1 aromatic rings. The van der Waals surface area contributed by atoms with Gasteiger partial charge in [0.2, 0.25) is 5.78 Å². The molecule has 1 aliphatic heterocycles. The fraction of sp³-hybridized carbons (Fsp3) is 0.200. The molecule has 1 atom stereocenters. The first-order chi connectivity index (χ1) is 6.70. The number of Topliss-reactive ketones (excluding diaryl/α,β-unsaturated/α-hetero) is 1. The number of benzene rings is 1. The third-order valence-corrected chi connectivity index (χ3v) is 2.36. The summed E-state index contributed by atoms with van der Waals surface area (Å²) >= 11 is 0. The lowest BCUT2D eigenvalue weighted by Gasteiger charge is -2.04. The van der Waals surface area contributed by atoms with Crippen LogP contribution < -0.4 is 5.32 Å². The summed E-state index contributed by atoms with van der Waals surface area (Å²) in [6.45, 7) is 0.379. The summed E-state index contributed by atoms with van der Waals surface area (Å²) in [7, 11) is 0. The van der Waals surface area contributed by atoms with E-state index in [-0.39, 0.29) is 0 Å². The molecule has 1 unspecified atom stereocenters. The van der Waals surface area contributed by atoms with E-state index in [1.165, 1.54) is 0 Å². The number of carboxylic acids is 1.